The summed E-state index contributed by atoms with van der Waals surface area (Å²) < 4.78 is 52.9. The maximum absolute atomic E-state index is 13.9. The highest BCUT2D eigenvalue weighted by Gasteiger charge is 2.33. The lowest BCUT2D eigenvalue weighted by atomic mass is 10.1. The van der Waals surface area contributed by atoms with E-state index in [1.807, 2.05) is 6.92 Å². The van der Waals surface area contributed by atoms with E-state index in [9.17, 15) is 22.4 Å². The third-order valence-corrected chi connectivity index (χ3v) is 8.05. The summed E-state index contributed by atoms with van der Waals surface area (Å²) in [5.74, 6) is -0.422. The predicted octanol–water partition coefficient (Wildman–Crippen LogP) is 3.98. The van der Waals surface area contributed by atoms with Crippen molar-refractivity contribution in [1.82, 2.24) is 10.2 Å². The quantitative estimate of drug-likeness (QED) is 0.333. The zero-order valence-corrected chi connectivity index (χ0v) is 23.8. The second-order valence-electron chi connectivity index (χ2n) is 8.80. The highest BCUT2D eigenvalue weighted by molar-refractivity contribution is 7.92. The third-order valence-electron chi connectivity index (χ3n) is 6.26. The van der Waals surface area contributed by atoms with Gasteiger partial charge in [0.05, 0.1) is 24.3 Å². The molecule has 0 bridgehead atoms. The van der Waals surface area contributed by atoms with Gasteiger partial charge < -0.3 is 19.7 Å². The number of methoxy groups -OCH3 is 1. The fourth-order valence-corrected chi connectivity index (χ4v) is 5.57. The van der Waals surface area contributed by atoms with Crippen molar-refractivity contribution in [1.29, 1.82) is 0 Å². The second-order valence-corrected chi connectivity index (χ2v) is 10.7. The number of carbonyl (C=O) groups excluding carboxylic acids is 2. The van der Waals surface area contributed by atoms with Crippen LogP contribution in [0.25, 0.3) is 0 Å². The fraction of sp³-hybridized carbons (Fsp3) is 0.310. The number of hydrogen-bond acceptors (Lipinski definition) is 6. The minimum atomic E-state index is -4.28. The molecule has 0 aliphatic carbocycles. The van der Waals surface area contributed by atoms with Crippen LogP contribution in [0.15, 0.2) is 77.7 Å². The number of halogens is 1. The molecule has 1 atom stereocenters. The van der Waals surface area contributed by atoms with E-state index in [1.165, 1.54) is 48.3 Å². The van der Waals surface area contributed by atoms with Crippen LogP contribution in [0.4, 0.5) is 10.1 Å². The lowest BCUT2D eigenvalue weighted by Gasteiger charge is -2.33. The first-order chi connectivity index (χ1) is 19.1. The van der Waals surface area contributed by atoms with Crippen LogP contribution in [0.2, 0.25) is 0 Å². The molecular weight excluding hydrogens is 537 g/mol. The Hall–Kier alpha value is -4.12. The summed E-state index contributed by atoms with van der Waals surface area (Å²) in [4.78, 5) is 27.9. The first-order valence-corrected chi connectivity index (χ1v) is 14.2. The molecule has 0 spiro atoms. The predicted molar refractivity (Wildman–Crippen MR) is 150 cm³/mol. The van der Waals surface area contributed by atoms with Crippen molar-refractivity contribution in [2.24, 2.45) is 0 Å². The number of sulfonamides is 1. The summed E-state index contributed by atoms with van der Waals surface area (Å²) in [7, 11) is -1.26. The molecule has 0 aromatic heterocycles. The van der Waals surface area contributed by atoms with E-state index < -0.39 is 34.3 Å². The summed E-state index contributed by atoms with van der Waals surface area (Å²) in [6.45, 7) is 3.42. The Labute approximate surface area is 234 Å². The number of amides is 2. The number of hydrogen-bond donors (Lipinski definition) is 1. The Kier molecular flexibility index (Phi) is 10.5. The van der Waals surface area contributed by atoms with Crippen molar-refractivity contribution < 1.29 is 31.9 Å². The van der Waals surface area contributed by atoms with E-state index in [0.717, 1.165) is 22.0 Å². The number of rotatable bonds is 13. The van der Waals surface area contributed by atoms with Gasteiger partial charge in [-0.2, -0.15) is 0 Å². The van der Waals surface area contributed by atoms with Crippen molar-refractivity contribution in [2.75, 3.05) is 31.6 Å². The number of likely N-dealkylation sites (N-methyl/N-ethyl adjacent to an activating group) is 1. The van der Waals surface area contributed by atoms with Crippen LogP contribution in [-0.4, -0.2) is 58.5 Å². The zero-order chi connectivity index (χ0) is 29.3. The standard InChI is InChI=1S/C29H34FN3O6S/c1-5-27(29(35)31-3)32(19-21-7-13-24(38-4)14-8-21)28(34)20-33(23-11-9-22(30)10-12-23)40(36,37)26-17-15-25(16-18-26)39-6-2/h7-18,27H,5-6,19-20H2,1-4H3,(H,31,35)/t27-/m0/s1. The fourth-order valence-electron chi connectivity index (χ4n) is 4.15. The Morgan fingerprint density at radius 2 is 1.52 bits per heavy atom. The highest BCUT2D eigenvalue weighted by Crippen LogP contribution is 2.26. The van der Waals surface area contributed by atoms with Crippen LogP contribution >= 0.6 is 0 Å². The maximum atomic E-state index is 13.9. The maximum Gasteiger partial charge on any atom is 0.264 e. The molecule has 0 heterocycles. The topological polar surface area (TPSA) is 105 Å². The van der Waals surface area contributed by atoms with Gasteiger partial charge >= 0.3 is 0 Å². The van der Waals surface area contributed by atoms with Crippen molar-refractivity contribution in [3.05, 3.63) is 84.2 Å². The summed E-state index contributed by atoms with van der Waals surface area (Å²) >= 11 is 0. The van der Waals surface area contributed by atoms with E-state index in [1.54, 1.807) is 38.3 Å². The Morgan fingerprint density at radius 3 is 2.05 bits per heavy atom. The normalized spacial score (nSPS) is 11.8. The van der Waals surface area contributed by atoms with Crippen LogP contribution in [0.3, 0.4) is 0 Å². The van der Waals surface area contributed by atoms with E-state index in [-0.39, 0.29) is 23.0 Å². The highest BCUT2D eigenvalue weighted by atomic mass is 32.2. The number of benzene rings is 3. The number of carbonyl (C=O) groups is 2. The Bertz CT molecular complexity index is 1380. The van der Waals surface area contributed by atoms with Crippen molar-refractivity contribution in [3.8, 4) is 11.5 Å². The molecule has 40 heavy (non-hydrogen) atoms. The molecule has 0 unspecified atom stereocenters. The van der Waals surface area contributed by atoms with Gasteiger partial charge in [-0.15, -0.1) is 0 Å². The lowest BCUT2D eigenvalue weighted by Crippen LogP contribution is -2.51. The second kappa shape index (κ2) is 13.8. The van der Waals surface area contributed by atoms with Crippen LogP contribution in [0.5, 0.6) is 11.5 Å². The number of nitrogens with one attached hydrogen (secondary N) is 1. The van der Waals surface area contributed by atoms with Crippen LogP contribution in [-0.2, 0) is 26.2 Å². The molecule has 3 rings (SSSR count). The molecule has 1 N–H and O–H groups in total. The molecule has 0 saturated heterocycles. The molecule has 3 aromatic carbocycles. The molecule has 0 aliphatic heterocycles. The minimum Gasteiger partial charge on any atom is -0.497 e. The van der Waals surface area contributed by atoms with Gasteiger partial charge in [0.25, 0.3) is 10.0 Å². The molecule has 0 radical (unpaired) electrons. The van der Waals surface area contributed by atoms with Gasteiger partial charge in [-0.05, 0) is 79.6 Å². The van der Waals surface area contributed by atoms with Crippen LogP contribution in [0.1, 0.15) is 25.8 Å². The van der Waals surface area contributed by atoms with E-state index in [4.69, 9.17) is 9.47 Å². The Balaban J connectivity index is 2.03. The number of ether oxygens (including phenoxy) is 2. The monoisotopic (exact) mass is 571 g/mol. The minimum absolute atomic E-state index is 0.0507. The van der Waals surface area contributed by atoms with Crippen molar-refractivity contribution in [2.45, 2.75) is 37.8 Å². The number of nitrogens with zero attached hydrogens (tertiary/aromatic N) is 2. The summed E-state index contributed by atoms with van der Waals surface area (Å²) in [6.07, 6.45) is 0.295. The molecule has 0 saturated carbocycles. The third kappa shape index (κ3) is 7.29. The molecule has 0 aliphatic rings. The van der Waals surface area contributed by atoms with Crippen molar-refractivity contribution >= 4 is 27.5 Å². The lowest BCUT2D eigenvalue weighted by molar-refractivity contribution is -0.140. The summed E-state index contributed by atoms with van der Waals surface area (Å²) in [6, 6.07) is 16.8. The van der Waals surface area contributed by atoms with Gasteiger partial charge in [-0.1, -0.05) is 19.1 Å². The zero-order valence-electron chi connectivity index (χ0n) is 23.0. The van der Waals surface area contributed by atoms with Gasteiger partial charge in [0, 0.05) is 13.6 Å². The summed E-state index contributed by atoms with van der Waals surface area (Å²) in [5, 5.41) is 2.58. The SMILES string of the molecule is CCOc1ccc(S(=O)(=O)N(CC(=O)N(Cc2ccc(OC)cc2)[C@@H](CC)C(=O)NC)c2ccc(F)cc2)cc1. The smallest absolute Gasteiger partial charge is 0.264 e. The largest absolute Gasteiger partial charge is 0.497 e. The van der Waals surface area contributed by atoms with Gasteiger partial charge in [-0.25, -0.2) is 12.8 Å². The van der Waals surface area contributed by atoms with Gasteiger partial charge in [0.2, 0.25) is 11.8 Å². The van der Waals surface area contributed by atoms with Crippen molar-refractivity contribution in [3.63, 3.8) is 0 Å². The summed E-state index contributed by atoms with van der Waals surface area (Å²) in [5.41, 5.74) is 0.820. The molecule has 11 heteroatoms. The van der Waals surface area contributed by atoms with Gasteiger partial charge in [-0.3, -0.25) is 13.9 Å². The first-order valence-electron chi connectivity index (χ1n) is 12.8. The molecular formula is C29H34FN3O6S. The first kappa shape index (κ1) is 30.4. The number of anilines is 1. The van der Waals surface area contributed by atoms with E-state index >= 15 is 0 Å². The molecule has 0 fully saturated rings. The Morgan fingerprint density at radius 1 is 0.925 bits per heavy atom. The van der Waals surface area contributed by atoms with Gasteiger partial charge in [0.15, 0.2) is 0 Å². The van der Waals surface area contributed by atoms with Gasteiger partial charge in [0.1, 0.15) is 29.9 Å². The van der Waals surface area contributed by atoms with Crippen LogP contribution in [0, 0.1) is 5.82 Å². The molecule has 3 aromatic rings. The van der Waals surface area contributed by atoms with Crippen LogP contribution < -0.4 is 19.1 Å². The van der Waals surface area contributed by atoms with E-state index in [0.29, 0.717) is 24.5 Å². The molecule has 9 nitrogen and oxygen atoms in total. The average molecular weight is 572 g/mol. The molecule has 214 valence electrons. The molecule has 2 amide bonds. The van der Waals surface area contributed by atoms with E-state index in [2.05, 4.69) is 5.32 Å². The average Bonchev–Trinajstić information content (AvgIpc) is 2.96.